The predicted molar refractivity (Wildman–Crippen MR) is 117 cm³/mol. The van der Waals surface area contributed by atoms with E-state index in [0.717, 1.165) is 23.4 Å². The molecule has 0 bridgehead atoms. The Bertz CT molecular complexity index is 1180. The Morgan fingerprint density at radius 1 is 0.871 bits per heavy atom. The average molecular weight is 417 g/mol. The lowest BCUT2D eigenvalue weighted by atomic mass is 10.1. The average Bonchev–Trinajstić information content (AvgIpc) is 3.27. The summed E-state index contributed by atoms with van der Waals surface area (Å²) in [6, 6.07) is 13.3. The van der Waals surface area contributed by atoms with E-state index in [2.05, 4.69) is 32.2 Å². The van der Waals surface area contributed by atoms with Crippen LogP contribution in [0.2, 0.25) is 0 Å². The number of nitrogen functional groups attached to an aromatic ring is 1. The number of hydrogen-bond donors (Lipinski definition) is 1. The van der Waals surface area contributed by atoms with Gasteiger partial charge in [-0.25, -0.2) is 14.6 Å². The fourth-order valence-corrected chi connectivity index (χ4v) is 3.17. The Morgan fingerprint density at radius 2 is 1.58 bits per heavy atom. The standard InChI is InChI=1S/C22H23N7O2/c1-4-15-6-5-7-16(24-15)12-29-13-21(27-28-29)20-11-19(25-22(23)26-20)14-8-17(30-2)10-18(9-14)31-3/h5-11,13H,4,12H2,1-3H3,(H2,23,25,26). The van der Waals surface area contributed by atoms with Crippen molar-refractivity contribution in [3.63, 3.8) is 0 Å². The maximum absolute atomic E-state index is 5.99. The van der Waals surface area contributed by atoms with E-state index < -0.39 is 0 Å². The van der Waals surface area contributed by atoms with Crippen molar-refractivity contribution < 1.29 is 9.47 Å². The Kier molecular flexibility index (Phi) is 5.74. The summed E-state index contributed by atoms with van der Waals surface area (Å²) in [7, 11) is 3.20. The van der Waals surface area contributed by atoms with E-state index in [4.69, 9.17) is 15.2 Å². The van der Waals surface area contributed by atoms with Gasteiger partial charge in [0.25, 0.3) is 0 Å². The highest BCUT2D eigenvalue weighted by molar-refractivity contribution is 5.69. The molecule has 3 heterocycles. The molecule has 31 heavy (non-hydrogen) atoms. The van der Waals surface area contributed by atoms with E-state index in [-0.39, 0.29) is 5.95 Å². The molecule has 0 unspecified atom stereocenters. The number of ether oxygens (including phenoxy) is 2. The van der Waals surface area contributed by atoms with Crippen LogP contribution in [-0.4, -0.2) is 44.2 Å². The van der Waals surface area contributed by atoms with Gasteiger partial charge in [0.05, 0.1) is 44.0 Å². The fourth-order valence-electron chi connectivity index (χ4n) is 3.17. The third kappa shape index (κ3) is 4.61. The summed E-state index contributed by atoms with van der Waals surface area (Å²) in [5.41, 5.74) is 10.5. The van der Waals surface area contributed by atoms with Gasteiger partial charge in [-0.15, -0.1) is 5.10 Å². The van der Waals surface area contributed by atoms with Crippen LogP contribution in [-0.2, 0) is 13.0 Å². The van der Waals surface area contributed by atoms with Crippen molar-refractivity contribution in [2.24, 2.45) is 0 Å². The highest BCUT2D eigenvalue weighted by Crippen LogP contribution is 2.30. The lowest BCUT2D eigenvalue weighted by Crippen LogP contribution is -2.03. The van der Waals surface area contributed by atoms with E-state index in [0.29, 0.717) is 35.1 Å². The molecule has 9 nitrogen and oxygen atoms in total. The van der Waals surface area contributed by atoms with Crippen molar-refractivity contribution in [2.75, 3.05) is 20.0 Å². The Labute approximate surface area is 179 Å². The molecule has 0 saturated heterocycles. The van der Waals surface area contributed by atoms with Crippen LogP contribution < -0.4 is 15.2 Å². The van der Waals surface area contributed by atoms with Crippen LogP contribution in [0.25, 0.3) is 22.6 Å². The van der Waals surface area contributed by atoms with Crippen LogP contribution >= 0.6 is 0 Å². The van der Waals surface area contributed by atoms with Gasteiger partial charge in [0, 0.05) is 17.3 Å². The van der Waals surface area contributed by atoms with E-state index in [1.165, 1.54) is 0 Å². The summed E-state index contributed by atoms with van der Waals surface area (Å²) in [6.07, 6.45) is 2.70. The van der Waals surface area contributed by atoms with Crippen molar-refractivity contribution >= 4 is 5.95 Å². The molecule has 4 aromatic rings. The van der Waals surface area contributed by atoms with Crippen LogP contribution in [0.5, 0.6) is 11.5 Å². The lowest BCUT2D eigenvalue weighted by Gasteiger charge is -2.09. The third-order valence-corrected chi connectivity index (χ3v) is 4.74. The third-order valence-electron chi connectivity index (χ3n) is 4.74. The fraction of sp³-hybridized carbons (Fsp3) is 0.227. The normalized spacial score (nSPS) is 10.8. The van der Waals surface area contributed by atoms with E-state index in [1.807, 2.05) is 42.6 Å². The molecule has 0 aliphatic rings. The van der Waals surface area contributed by atoms with Crippen molar-refractivity contribution in [1.82, 2.24) is 29.9 Å². The van der Waals surface area contributed by atoms with Crippen LogP contribution in [0.3, 0.4) is 0 Å². The number of aromatic nitrogens is 6. The number of nitrogens with two attached hydrogens (primary N) is 1. The smallest absolute Gasteiger partial charge is 0.221 e. The Morgan fingerprint density at radius 3 is 2.29 bits per heavy atom. The summed E-state index contributed by atoms with van der Waals surface area (Å²) in [5, 5.41) is 8.47. The monoisotopic (exact) mass is 417 g/mol. The topological polar surface area (TPSA) is 114 Å². The number of rotatable bonds is 7. The predicted octanol–water partition coefficient (Wildman–Crippen LogP) is 3.01. The molecule has 0 aliphatic heterocycles. The number of hydrogen-bond acceptors (Lipinski definition) is 8. The molecule has 9 heteroatoms. The lowest BCUT2D eigenvalue weighted by molar-refractivity contribution is 0.394. The molecule has 158 valence electrons. The molecule has 0 atom stereocenters. The molecule has 0 radical (unpaired) electrons. The van der Waals surface area contributed by atoms with Gasteiger partial charge in [-0.2, -0.15) is 0 Å². The molecular formula is C22H23N7O2. The quantitative estimate of drug-likeness (QED) is 0.488. The molecular weight excluding hydrogens is 394 g/mol. The molecule has 1 aromatic carbocycles. The van der Waals surface area contributed by atoms with E-state index >= 15 is 0 Å². The van der Waals surface area contributed by atoms with Gasteiger partial charge in [-0.05, 0) is 36.8 Å². The maximum Gasteiger partial charge on any atom is 0.221 e. The number of nitrogens with zero attached hydrogens (tertiary/aromatic N) is 6. The first-order valence-corrected chi connectivity index (χ1v) is 9.81. The van der Waals surface area contributed by atoms with Gasteiger partial charge in [0.1, 0.15) is 17.2 Å². The van der Waals surface area contributed by atoms with Crippen molar-refractivity contribution in [3.05, 3.63) is 60.0 Å². The number of aryl methyl sites for hydroxylation is 1. The minimum atomic E-state index is 0.140. The minimum Gasteiger partial charge on any atom is -0.497 e. The zero-order chi connectivity index (χ0) is 21.8. The summed E-state index contributed by atoms with van der Waals surface area (Å²) < 4.78 is 12.4. The van der Waals surface area contributed by atoms with Gasteiger partial charge in [0.2, 0.25) is 5.95 Å². The molecule has 0 fully saturated rings. The van der Waals surface area contributed by atoms with Crippen molar-refractivity contribution in [3.8, 4) is 34.1 Å². The SMILES string of the molecule is CCc1cccc(Cn2cc(-c3cc(-c4cc(OC)cc(OC)c4)nc(N)n3)nn2)n1. The molecule has 2 N–H and O–H groups in total. The first kappa shape index (κ1) is 20.3. The highest BCUT2D eigenvalue weighted by Gasteiger charge is 2.13. The summed E-state index contributed by atoms with van der Waals surface area (Å²) in [6.45, 7) is 2.59. The van der Waals surface area contributed by atoms with Crippen molar-refractivity contribution in [2.45, 2.75) is 19.9 Å². The molecule has 0 aliphatic carbocycles. The summed E-state index contributed by atoms with van der Waals surface area (Å²) in [4.78, 5) is 13.3. The first-order chi connectivity index (χ1) is 15.1. The molecule has 3 aromatic heterocycles. The summed E-state index contributed by atoms with van der Waals surface area (Å²) >= 11 is 0. The maximum atomic E-state index is 5.99. The van der Waals surface area contributed by atoms with E-state index in [9.17, 15) is 0 Å². The number of pyridine rings is 1. The van der Waals surface area contributed by atoms with Crippen LogP contribution in [0.1, 0.15) is 18.3 Å². The zero-order valence-electron chi connectivity index (χ0n) is 17.6. The van der Waals surface area contributed by atoms with Crippen LogP contribution in [0.4, 0.5) is 5.95 Å². The van der Waals surface area contributed by atoms with Gasteiger partial charge >= 0.3 is 0 Å². The molecule has 4 rings (SSSR count). The van der Waals surface area contributed by atoms with Crippen molar-refractivity contribution in [1.29, 1.82) is 0 Å². The van der Waals surface area contributed by atoms with Gasteiger partial charge < -0.3 is 15.2 Å². The molecule has 0 saturated carbocycles. The van der Waals surface area contributed by atoms with Gasteiger partial charge in [0.15, 0.2) is 0 Å². The van der Waals surface area contributed by atoms with E-state index in [1.54, 1.807) is 25.0 Å². The second-order valence-corrected chi connectivity index (χ2v) is 6.87. The van der Waals surface area contributed by atoms with Gasteiger partial charge in [-0.3, -0.25) is 4.98 Å². The second kappa shape index (κ2) is 8.78. The molecule has 0 amide bonds. The highest BCUT2D eigenvalue weighted by atomic mass is 16.5. The zero-order valence-corrected chi connectivity index (χ0v) is 17.6. The second-order valence-electron chi connectivity index (χ2n) is 6.87. The largest absolute Gasteiger partial charge is 0.497 e. The summed E-state index contributed by atoms with van der Waals surface area (Å²) in [5.74, 6) is 1.45. The van der Waals surface area contributed by atoms with Crippen LogP contribution in [0.15, 0.2) is 48.7 Å². The minimum absolute atomic E-state index is 0.140. The van der Waals surface area contributed by atoms with Gasteiger partial charge in [-0.1, -0.05) is 18.2 Å². The number of benzene rings is 1. The number of anilines is 1. The molecule has 0 spiro atoms. The van der Waals surface area contributed by atoms with Crippen LogP contribution in [0, 0.1) is 0 Å². The first-order valence-electron chi connectivity index (χ1n) is 9.81. The number of methoxy groups -OCH3 is 2. The Hall–Kier alpha value is -4.01. The Balaban J connectivity index is 1.65.